The highest BCUT2D eigenvalue weighted by atomic mass is 16.5. The average molecular weight is 292 g/mol. The van der Waals surface area contributed by atoms with E-state index in [1.807, 2.05) is 12.1 Å². The van der Waals surface area contributed by atoms with Crippen molar-refractivity contribution in [3.05, 3.63) is 71.7 Å². The summed E-state index contributed by atoms with van der Waals surface area (Å²) < 4.78 is 4.65. The van der Waals surface area contributed by atoms with Crippen LogP contribution in [0.15, 0.2) is 54.9 Å². The number of ketones is 1. The summed E-state index contributed by atoms with van der Waals surface area (Å²) in [4.78, 5) is 32.3. The Balaban J connectivity index is 2.00. The Morgan fingerprint density at radius 1 is 0.955 bits per heavy atom. The third kappa shape index (κ3) is 2.56. The fourth-order valence-electron chi connectivity index (χ4n) is 2.16. The minimum atomic E-state index is -0.501. The van der Waals surface area contributed by atoms with E-state index in [0.717, 1.165) is 10.9 Å². The van der Waals surface area contributed by atoms with Crippen LogP contribution >= 0.6 is 0 Å². The van der Waals surface area contributed by atoms with Gasteiger partial charge in [-0.25, -0.2) is 4.79 Å². The molecule has 0 aliphatic carbocycles. The molecule has 0 aliphatic rings. The Morgan fingerprint density at radius 2 is 1.82 bits per heavy atom. The van der Waals surface area contributed by atoms with Gasteiger partial charge in [0.05, 0.1) is 18.2 Å². The molecule has 5 heteroatoms. The highest BCUT2D eigenvalue weighted by Gasteiger charge is 2.14. The maximum Gasteiger partial charge on any atom is 0.337 e. The van der Waals surface area contributed by atoms with Gasteiger partial charge in [0.25, 0.3) is 0 Å². The first-order valence-electron chi connectivity index (χ1n) is 6.63. The number of hydrogen-bond acceptors (Lipinski definition) is 5. The van der Waals surface area contributed by atoms with Crippen molar-refractivity contribution in [2.75, 3.05) is 7.11 Å². The SMILES string of the molecule is COC(=O)c1ccnc(C(=O)c2ccc3ncccc3c2)c1. The molecule has 0 fully saturated rings. The quantitative estimate of drug-likeness (QED) is 0.548. The highest BCUT2D eigenvalue weighted by molar-refractivity contribution is 6.10. The second-order valence-electron chi connectivity index (χ2n) is 4.66. The summed E-state index contributed by atoms with van der Waals surface area (Å²) in [6.45, 7) is 0. The van der Waals surface area contributed by atoms with E-state index in [2.05, 4.69) is 14.7 Å². The molecule has 0 aliphatic heterocycles. The van der Waals surface area contributed by atoms with Gasteiger partial charge in [-0.3, -0.25) is 14.8 Å². The largest absolute Gasteiger partial charge is 0.465 e. The van der Waals surface area contributed by atoms with E-state index < -0.39 is 5.97 Å². The first-order chi connectivity index (χ1) is 10.7. The second-order valence-corrected chi connectivity index (χ2v) is 4.66. The van der Waals surface area contributed by atoms with Crippen molar-refractivity contribution in [2.45, 2.75) is 0 Å². The maximum atomic E-state index is 12.5. The lowest BCUT2D eigenvalue weighted by Gasteiger charge is -2.04. The zero-order valence-electron chi connectivity index (χ0n) is 11.8. The maximum absolute atomic E-state index is 12.5. The number of ether oxygens (including phenoxy) is 1. The molecule has 1 aromatic carbocycles. The van der Waals surface area contributed by atoms with Crippen molar-refractivity contribution < 1.29 is 14.3 Å². The van der Waals surface area contributed by atoms with E-state index in [4.69, 9.17) is 0 Å². The van der Waals surface area contributed by atoms with Crippen LogP contribution < -0.4 is 0 Å². The van der Waals surface area contributed by atoms with Gasteiger partial charge < -0.3 is 4.74 Å². The number of methoxy groups -OCH3 is 1. The van der Waals surface area contributed by atoms with Gasteiger partial charge in [0, 0.05) is 23.3 Å². The molecule has 0 spiro atoms. The molecule has 3 rings (SSSR count). The van der Waals surface area contributed by atoms with E-state index >= 15 is 0 Å². The Labute approximate surface area is 126 Å². The van der Waals surface area contributed by atoms with E-state index in [1.54, 1.807) is 24.4 Å². The molecule has 0 radical (unpaired) electrons. The van der Waals surface area contributed by atoms with Gasteiger partial charge in [0.2, 0.25) is 5.78 Å². The molecule has 108 valence electrons. The number of aromatic nitrogens is 2. The van der Waals surface area contributed by atoms with Crippen LogP contribution in [0.5, 0.6) is 0 Å². The lowest BCUT2D eigenvalue weighted by molar-refractivity contribution is 0.0600. The van der Waals surface area contributed by atoms with Gasteiger partial charge >= 0.3 is 5.97 Å². The van der Waals surface area contributed by atoms with Crippen LogP contribution in [0.4, 0.5) is 0 Å². The van der Waals surface area contributed by atoms with E-state index in [-0.39, 0.29) is 11.5 Å². The standard InChI is InChI=1S/C17H12N2O3/c1-22-17(21)13-6-8-19-15(10-13)16(20)12-4-5-14-11(9-12)3-2-7-18-14/h2-10H,1H3. The van der Waals surface area contributed by atoms with Crippen molar-refractivity contribution in [1.82, 2.24) is 9.97 Å². The van der Waals surface area contributed by atoms with Gasteiger partial charge in [-0.1, -0.05) is 6.07 Å². The zero-order valence-corrected chi connectivity index (χ0v) is 11.8. The number of carbonyl (C=O) groups is 2. The lowest BCUT2D eigenvalue weighted by Crippen LogP contribution is -2.08. The van der Waals surface area contributed by atoms with Crippen LogP contribution in [0.25, 0.3) is 10.9 Å². The number of fused-ring (bicyclic) bond motifs is 1. The molecule has 0 unspecified atom stereocenters. The lowest BCUT2D eigenvalue weighted by atomic mass is 10.0. The molecule has 22 heavy (non-hydrogen) atoms. The number of esters is 1. The first-order valence-corrected chi connectivity index (χ1v) is 6.63. The Morgan fingerprint density at radius 3 is 2.64 bits per heavy atom. The molecule has 0 saturated carbocycles. The second kappa shape index (κ2) is 5.73. The normalized spacial score (nSPS) is 10.4. The van der Waals surface area contributed by atoms with Crippen LogP contribution in [-0.4, -0.2) is 28.8 Å². The minimum absolute atomic E-state index is 0.200. The monoisotopic (exact) mass is 292 g/mol. The third-order valence-corrected chi connectivity index (χ3v) is 3.28. The molecule has 5 nitrogen and oxygen atoms in total. The van der Waals surface area contributed by atoms with Gasteiger partial charge in [-0.2, -0.15) is 0 Å². The van der Waals surface area contributed by atoms with Gasteiger partial charge in [0.15, 0.2) is 0 Å². The summed E-state index contributed by atoms with van der Waals surface area (Å²) in [7, 11) is 1.29. The molecule has 0 amide bonds. The fraction of sp³-hybridized carbons (Fsp3) is 0.0588. The zero-order chi connectivity index (χ0) is 15.5. The van der Waals surface area contributed by atoms with Gasteiger partial charge in [0.1, 0.15) is 5.69 Å². The van der Waals surface area contributed by atoms with Crippen molar-refractivity contribution in [3.63, 3.8) is 0 Å². The van der Waals surface area contributed by atoms with Crippen LogP contribution in [-0.2, 0) is 4.74 Å². The summed E-state index contributed by atoms with van der Waals surface area (Å²) >= 11 is 0. The van der Waals surface area contributed by atoms with Crippen LogP contribution in [0, 0.1) is 0 Å². The molecular formula is C17H12N2O3. The van der Waals surface area contributed by atoms with Crippen LogP contribution in [0.3, 0.4) is 0 Å². The van der Waals surface area contributed by atoms with Crippen LogP contribution in [0.1, 0.15) is 26.4 Å². The summed E-state index contributed by atoms with van der Waals surface area (Å²) in [6, 6.07) is 11.9. The molecule has 0 atom stereocenters. The first kappa shape index (κ1) is 13.9. The van der Waals surface area contributed by atoms with Gasteiger partial charge in [-0.15, -0.1) is 0 Å². The summed E-state index contributed by atoms with van der Waals surface area (Å²) in [5, 5.41) is 0.873. The van der Waals surface area contributed by atoms with Crippen LogP contribution in [0.2, 0.25) is 0 Å². The molecule has 2 aromatic heterocycles. The average Bonchev–Trinajstić information content (AvgIpc) is 2.60. The van der Waals surface area contributed by atoms with Crippen molar-refractivity contribution in [1.29, 1.82) is 0 Å². The smallest absolute Gasteiger partial charge is 0.337 e. The minimum Gasteiger partial charge on any atom is -0.465 e. The third-order valence-electron chi connectivity index (χ3n) is 3.28. The predicted octanol–water partition coefficient (Wildman–Crippen LogP) is 2.65. The van der Waals surface area contributed by atoms with Crippen molar-refractivity contribution in [3.8, 4) is 0 Å². The van der Waals surface area contributed by atoms with Crippen molar-refractivity contribution in [2.24, 2.45) is 0 Å². The number of rotatable bonds is 3. The topological polar surface area (TPSA) is 69.2 Å². The Bertz CT molecular complexity index is 874. The molecule has 3 aromatic rings. The van der Waals surface area contributed by atoms with Crippen molar-refractivity contribution >= 4 is 22.7 Å². The Kier molecular flexibility index (Phi) is 3.62. The summed E-state index contributed by atoms with van der Waals surface area (Å²) in [6.07, 6.45) is 3.12. The molecule has 2 heterocycles. The summed E-state index contributed by atoms with van der Waals surface area (Å²) in [5.41, 5.74) is 1.81. The Hall–Kier alpha value is -3.08. The van der Waals surface area contributed by atoms with E-state index in [9.17, 15) is 9.59 Å². The number of benzene rings is 1. The molecule has 0 saturated heterocycles. The fourth-order valence-corrected chi connectivity index (χ4v) is 2.16. The molecule has 0 bridgehead atoms. The molecule has 0 N–H and O–H groups in total. The summed E-state index contributed by atoms with van der Waals surface area (Å²) in [5.74, 6) is -0.754. The van der Waals surface area contributed by atoms with Gasteiger partial charge in [-0.05, 0) is 36.4 Å². The number of carbonyl (C=O) groups excluding carboxylic acids is 2. The number of nitrogens with zero attached hydrogens (tertiary/aromatic N) is 2. The predicted molar refractivity (Wildman–Crippen MR) is 80.8 cm³/mol. The van der Waals surface area contributed by atoms with E-state index in [0.29, 0.717) is 11.1 Å². The molecular weight excluding hydrogens is 280 g/mol. The number of hydrogen-bond donors (Lipinski definition) is 0. The number of pyridine rings is 2. The highest BCUT2D eigenvalue weighted by Crippen LogP contribution is 2.16. The van der Waals surface area contributed by atoms with E-state index in [1.165, 1.54) is 25.4 Å².